The van der Waals surface area contributed by atoms with Crippen LogP contribution in [0, 0.1) is 0 Å². The molecule has 0 spiro atoms. The van der Waals surface area contributed by atoms with Gasteiger partial charge in [-0.3, -0.25) is 4.79 Å². The number of rotatable bonds is 4. The molecule has 0 aromatic carbocycles. The Kier molecular flexibility index (Phi) is 3.79. The Bertz CT molecular complexity index is 577. The van der Waals surface area contributed by atoms with Gasteiger partial charge in [-0.2, -0.15) is 13.2 Å². The minimum atomic E-state index is -4.80. The molecule has 0 fully saturated rings. The van der Waals surface area contributed by atoms with Crippen LogP contribution in [0.15, 0.2) is 33.4 Å². The third-order valence-electron chi connectivity index (χ3n) is 2.34. The van der Waals surface area contributed by atoms with Crippen molar-refractivity contribution in [2.75, 3.05) is 6.54 Å². The second kappa shape index (κ2) is 5.37. The number of nitrogens with zero attached hydrogens (tertiary/aromatic N) is 1. The van der Waals surface area contributed by atoms with Gasteiger partial charge < -0.3 is 19.4 Å². The predicted molar refractivity (Wildman–Crippen MR) is 58.6 cm³/mol. The molecule has 2 N–H and O–H groups in total. The van der Waals surface area contributed by atoms with Gasteiger partial charge in [0.05, 0.1) is 12.8 Å². The highest BCUT2D eigenvalue weighted by atomic mass is 19.4. The summed E-state index contributed by atoms with van der Waals surface area (Å²) in [5.41, 5.74) is -0.217. The molecule has 1 unspecified atom stereocenters. The van der Waals surface area contributed by atoms with E-state index in [9.17, 15) is 18.0 Å². The Balaban J connectivity index is 1.97. The van der Waals surface area contributed by atoms with E-state index in [-0.39, 0.29) is 11.5 Å². The summed E-state index contributed by atoms with van der Waals surface area (Å²) < 4.78 is 45.9. The van der Waals surface area contributed by atoms with Crippen LogP contribution in [0.1, 0.15) is 10.5 Å². The fraction of sp³-hybridized carbons (Fsp3) is 0.273. The van der Waals surface area contributed by atoms with Gasteiger partial charge in [0.1, 0.15) is 0 Å². The first-order valence-electron chi connectivity index (χ1n) is 5.41. The van der Waals surface area contributed by atoms with Crippen molar-refractivity contribution < 1.29 is 32.0 Å². The first kappa shape index (κ1) is 14.1. The largest absolute Gasteiger partial charge is 0.461 e. The molecular formula is C11H9F3N2O4. The fourth-order valence-corrected chi connectivity index (χ4v) is 1.31. The summed E-state index contributed by atoms with van der Waals surface area (Å²) in [6.07, 6.45) is -6.05. The number of furan rings is 1. The van der Waals surface area contributed by atoms with Crippen molar-refractivity contribution >= 4 is 5.91 Å². The molecule has 108 valence electrons. The van der Waals surface area contributed by atoms with Crippen LogP contribution in [0.3, 0.4) is 0 Å². The SMILES string of the molecule is O=C(NCC(O)C(F)(F)F)c1cc(-c2ccco2)on1. The van der Waals surface area contributed by atoms with Crippen molar-refractivity contribution in [2.24, 2.45) is 0 Å². The zero-order valence-corrected chi connectivity index (χ0v) is 9.85. The van der Waals surface area contributed by atoms with E-state index in [0.29, 0.717) is 5.76 Å². The number of alkyl halides is 3. The lowest BCUT2D eigenvalue weighted by Gasteiger charge is -2.14. The third-order valence-corrected chi connectivity index (χ3v) is 2.34. The normalized spacial score (nSPS) is 13.2. The quantitative estimate of drug-likeness (QED) is 0.892. The maximum atomic E-state index is 12.0. The molecule has 2 aromatic rings. The van der Waals surface area contributed by atoms with Crippen LogP contribution >= 0.6 is 0 Å². The Morgan fingerprint density at radius 3 is 2.80 bits per heavy atom. The van der Waals surface area contributed by atoms with Crippen molar-refractivity contribution in [3.8, 4) is 11.5 Å². The monoisotopic (exact) mass is 290 g/mol. The average molecular weight is 290 g/mol. The molecule has 9 heteroatoms. The lowest BCUT2D eigenvalue weighted by Crippen LogP contribution is -2.40. The fourth-order valence-electron chi connectivity index (χ4n) is 1.31. The highest BCUT2D eigenvalue weighted by molar-refractivity contribution is 5.92. The van der Waals surface area contributed by atoms with Crippen LogP contribution in [0.5, 0.6) is 0 Å². The molecule has 2 aromatic heterocycles. The molecule has 0 saturated heterocycles. The summed E-state index contributed by atoms with van der Waals surface area (Å²) in [5.74, 6) is -0.404. The number of hydrogen-bond acceptors (Lipinski definition) is 5. The second-order valence-electron chi connectivity index (χ2n) is 3.82. The standard InChI is InChI=1S/C11H9F3N2O4/c12-11(13,14)9(17)5-15-10(18)6-4-8(20-16-6)7-2-1-3-19-7/h1-4,9,17H,5H2,(H,15,18). The van der Waals surface area contributed by atoms with Crippen LogP contribution in [0.4, 0.5) is 13.2 Å². The van der Waals surface area contributed by atoms with E-state index in [4.69, 9.17) is 14.0 Å². The molecule has 0 saturated carbocycles. The summed E-state index contributed by atoms with van der Waals surface area (Å²) in [4.78, 5) is 11.5. The van der Waals surface area contributed by atoms with Gasteiger partial charge in [-0.15, -0.1) is 0 Å². The maximum Gasteiger partial charge on any atom is 0.416 e. The molecule has 2 rings (SSSR count). The van der Waals surface area contributed by atoms with Crippen LogP contribution in [0.2, 0.25) is 0 Å². The first-order chi connectivity index (χ1) is 9.38. The Hall–Kier alpha value is -2.29. The summed E-state index contributed by atoms with van der Waals surface area (Å²) >= 11 is 0. The van der Waals surface area contributed by atoms with Crippen LogP contribution in [0.25, 0.3) is 11.5 Å². The summed E-state index contributed by atoms with van der Waals surface area (Å²) in [6, 6.07) is 4.38. The summed E-state index contributed by atoms with van der Waals surface area (Å²) in [5, 5.41) is 14.0. The van der Waals surface area contributed by atoms with E-state index in [1.807, 2.05) is 5.32 Å². The molecule has 0 aliphatic heterocycles. The van der Waals surface area contributed by atoms with Crippen molar-refractivity contribution in [2.45, 2.75) is 12.3 Å². The van der Waals surface area contributed by atoms with Crippen molar-refractivity contribution in [3.05, 3.63) is 30.2 Å². The Morgan fingerprint density at radius 1 is 1.45 bits per heavy atom. The van der Waals surface area contributed by atoms with Crippen molar-refractivity contribution in [1.82, 2.24) is 10.5 Å². The van der Waals surface area contributed by atoms with Crippen LogP contribution < -0.4 is 5.32 Å². The zero-order valence-electron chi connectivity index (χ0n) is 9.85. The average Bonchev–Trinajstić information content (AvgIpc) is 3.03. The van der Waals surface area contributed by atoms with Crippen LogP contribution in [-0.2, 0) is 0 Å². The van der Waals surface area contributed by atoms with Gasteiger partial charge in [-0.05, 0) is 12.1 Å². The van der Waals surface area contributed by atoms with E-state index in [2.05, 4.69) is 5.16 Å². The number of amides is 1. The first-order valence-corrected chi connectivity index (χ1v) is 5.41. The molecule has 20 heavy (non-hydrogen) atoms. The van der Waals surface area contributed by atoms with Gasteiger partial charge in [0, 0.05) is 6.07 Å². The minimum absolute atomic E-state index is 0.163. The number of hydrogen-bond donors (Lipinski definition) is 2. The second-order valence-corrected chi connectivity index (χ2v) is 3.82. The number of carbonyl (C=O) groups excluding carboxylic acids is 1. The Labute approximate surface area is 110 Å². The van der Waals surface area contributed by atoms with E-state index in [1.54, 1.807) is 12.1 Å². The zero-order chi connectivity index (χ0) is 14.8. The molecule has 1 atom stereocenters. The van der Waals surface area contributed by atoms with Gasteiger partial charge in [0.15, 0.2) is 17.6 Å². The summed E-state index contributed by atoms with van der Waals surface area (Å²) in [6.45, 7) is -0.967. The molecular weight excluding hydrogens is 281 g/mol. The number of aliphatic hydroxyl groups is 1. The van der Waals surface area contributed by atoms with Crippen LogP contribution in [-0.4, -0.2) is 35.0 Å². The highest BCUT2D eigenvalue weighted by Crippen LogP contribution is 2.21. The van der Waals surface area contributed by atoms with E-state index < -0.39 is 24.7 Å². The van der Waals surface area contributed by atoms with E-state index >= 15 is 0 Å². The molecule has 0 bridgehead atoms. The van der Waals surface area contributed by atoms with Crippen molar-refractivity contribution in [3.63, 3.8) is 0 Å². The van der Waals surface area contributed by atoms with Gasteiger partial charge in [-0.25, -0.2) is 0 Å². The summed E-state index contributed by atoms with van der Waals surface area (Å²) in [7, 11) is 0. The number of nitrogens with one attached hydrogen (secondary N) is 1. The minimum Gasteiger partial charge on any atom is -0.461 e. The molecule has 2 heterocycles. The highest BCUT2D eigenvalue weighted by Gasteiger charge is 2.38. The molecule has 0 radical (unpaired) electrons. The predicted octanol–water partition coefficient (Wildman–Crippen LogP) is 1.59. The molecule has 1 amide bonds. The maximum absolute atomic E-state index is 12.0. The number of halogens is 3. The Morgan fingerprint density at radius 2 is 2.20 bits per heavy atom. The topological polar surface area (TPSA) is 88.5 Å². The molecule has 0 aliphatic rings. The third kappa shape index (κ3) is 3.18. The van der Waals surface area contributed by atoms with Crippen molar-refractivity contribution in [1.29, 1.82) is 0 Å². The molecule has 6 nitrogen and oxygen atoms in total. The lowest BCUT2D eigenvalue weighted by atomic mass is 10.3. The lowest BCUT2D eigenvalue weighted by molar-refractivity contribution is -0.201. The van der Waals surface area contributed by atoms with E-state index in [0.717, 1.165) is 0 Å². The van der Waals surface area contributed by atoms with E-state index in [1.165, 1.54) is 12.3 Å². The van der Waals surface area contributed by atoms with Gasteiger partial charge in [0.25, 0.3) is 5.91 Å². The van der Waals surface area contributed by atoms with Gasteiger partial charge in [0.2, 0.25) is 5.76 Å². The number of aromatic nitrogens is 1. The number of carbonyl (C=O) groups is 1. The molecule has 0 aliphatic carbocycles. The number of aliphatic hydroxyl groups excluding tert-OH is 1. The van der Waals surface area contributed by atoms with Gasteiger partial charge >= 0.3 is 6.18 Å². The smallest absolute Gasteiger partial charge is 0.416 e. The van der Waals surface area contributed by atoms with Gasteiger partial charge in [-0.1, -0.05) is 5.16 Å².